The Morgan fingerprint density at radius 2 is 2.12 bits per heavy atom. The van der Waals surface area contributed by atoms with Gasteiger partial charge in [-0.05, 0) is 25.1 Å². The third-order valence-corrected chi connectivity index (χ3v) is 2.47. The second-order valence-corrected chi connectivity index (χ2v) is 4.03. The van der Waals surface area contributed by atoms with Gasteiger partial charge in [-0.2, -0.15) is 5.26 Å². The summed E-state index contributed by atoms with van der Waals surface area (Å²) in [5.41, 5.74) is 3.01. The second-order valence-electron chi connectivity index (χ2n) is 4.03. The Bertz CT molecular complexity index is 401. The van der Waals surface area contributed by atoms with E-state index >= 15 is 0 Å². The van der Waals surface area contributed by atoms with E-state index in [0.717, 1.165) is 36.3 Å². The van der Waals surface area contributed by atoms with Gasteiger partial charge in [-0.25, -0.2) is 0 Å². The fraction of sp³-hybridized carbons (Fsp3) is 0.357. The van der Waals surface area contributed by atoms with Crippen molar-refractivity contribution in [3.8, 4) is 6.07 Å². The lowest BCUT2D eigenvalue weighted by atomic mass is 10.1. The molecule has 0 aliphatic carbocycles. The molecule has 0 aliphatic heterocycles. The van der Waals surface area contributed by atoms with E-state index in [9.17, 15) is 0 Å². The van der Waals surface area contributed by atoms with E-state index in [0.29, 0.717) is 0 Å². The predicted octanol–water partition coefficient (Wildman–Crippen LogP) is 2.96. The largest absolute Gasteiger partial charge is 0.295 e. The van der Waals surface area contributed by atoms with Crippen LogP contribution in [0.3, 0.4) is 0 Å². The summed E-state index contributed by atoms with van der Waals surface area (Å²) in [7, 11) is 0. The Balaban J connectivity index is 2.78. The molecule has 0 unspecified atom stereocenters. The highest BCUT2D eigenvalue weighted by molar-refractivity contribution is 5.37. The molecule has 84 valence electrons. The van der Waals surface area contributed by atoms with E-state index in [-0.39, 0.29) is 0 Å². The molecule has 1 rings (SSSR count). The molecule has 0 bridgehead atoms. The Kier molecular flexibility index (Phi) is 4.75. The van der Waals surface area contributed by atoms with Gasteiger partial charge < -0.3 is 0 Å². The fourth-order valence-electron chi connectivity index (χ4n) is 1.67. The standard InChI is InChI=1S/C14H18N2/c1-4-16(10-12(2)3)11-14-8-6-5-7-13(14)9-15/h5-8H,2,4,10-11H2,1,3H3. The Hall–Kier alpha value is -1.59. The first-order valence-corrected chi connectivity index (χ1v) is 5.52. The molecule has 0 atom stereocenters. The van der Waals surface area contributed by atoms with Crippen molar-refractivity contribution >= 4 is 0 Å². The summed E-state index contributed by atoms with van der Waals surface area (Å²) in [6.45, 7) is 10.7. The first kappa shape index (κ1) is 12.5. The first-order valence-electron chi connectivity index (χ1n) is 5.52. The van der Waals surface area contributed by atoms with Crippen LogP contribution in [0.2, 0.25) is 0 Å². The van der Waals surface area contributed by atoms with Crippen molar-refractivity contribution < 1.29 is 0 Å². The Morgan fingerprint density at radius 1 is 1.44 bits per heavy atom. The van der Waals surface area contributed by atoms with E-state index in [2.05, 4.69) is 24.5 Å². The molecule has 0 aliphatic rings. The molecule has 0 saturated carbocycles. The normalized spacial score (nSPS) is 10.1. The summed E-state index contributed by atoms with van der Waals surface area (Å²) >= 11 is 0. The summed E-state index contributed by atoms with van der Waals surface area (Å²) in [5, 5.41) is 9.00. The third kappa shape index (κ3) is 3.52. The predicted molar refractivity (Wildman–Crippen MR) is 66.9 cm³/mol. The molecule has 0 N–H and O–H groups in total. The van der Waals surface area contributed by atoms with Crippen molar-refractivity contribution in [2.45, 2.75) is 20.4 Å². The minimum Gasteiger partial charge on any atom is -0.295 e. The molecular formula is C14H18N2. The molecule has 0 saturated heterocycles. The van der Waals surface area contributed by atoms with Gasteiger partial charge in [0.15, 0.2) is 0 Å². The van der Waals surface area contributed by atoms with Gasteiger partial charge in [-0.1, -0.05) is 37.3 Å². The van der Waals surface area contributed by atoms with E-state index in [4.69, 9.17) is 5.26 Å². The van der Waals surface area contributed by atoms with E-state index in [1.165, 1.54) is 0 Å². The van der Waals surface area contributed by atoms with Crippen LogP contribution in [0.1, 0.15) is 25.0 Å². The number of likely N-dealkylation sites (N-methyl/N-ethyl adjacent to an activating group) is 1. The van der Waals surface area contributed by atoms with E-state index in [1.54, 1.807) is 0 Å². The molecule has 16 heavy (non-hydrogen) atoms. The van der Waals surface area contributed by atoms with Crippen molar-refractivity contribution in [3.63, 3.8) is 0 Å². The zero-order valence-corrected chi connectivity index (χ0v) is 10.0. The maximum Gasteiger partial charge on any atom is 0.0995 e. The monoisotopic (exact) mass is 214 g/mol. The van der Waals surface area contributed by atoms with Gasteiger partial charge in [0.25, 0.3) is 0 Å². The number of nitrogens with zero attached hydrogens (tertiary/aromatic N) is 2. The number of benzene rings is 1. The zero-order valence-electron chi connectivity index (χ0n) is 10.0. The van der Waals surface area contributed by atoms with Gasteiger partial charge in [0.05, 0.1) is 11.6 Å². The summed E-state index contributed by atoms with van der Waals surface area (Å²) in [6, 6.07) is 9.98. The highest BCUT2D eigenvalue weighted by Crippen LogP contribution is 2.11. The number of rotatable bonds is 5. The average Bonchev–Trinajstić information content (AvgIpc) is 2.28. The van der Waals surface area contributed by atoms with Crippen LogP contribution in [0.25, 0.3) is 0 Å². The number of hydrogen-bond acceptors (Lipinski definition) is 2. The van der Waals surface area contributed by atoms with Crippen LogP contribution in [0.4, 0.5) is 0 Å². The molecule has 0 amide bonds. The number of nitriles is 1. The molecule has 0 radical (unpaired) electrons. The fourth-order valence-corrected chi connectivity index (χ4v) is 1.67. The first-order chi connectivity index (χ1) is 7.67. The molecule has 2 heteroatoms. The van der Waals surface area contributed by atoms with Gasteiger partial charge in [0.2, 0.25) is 0 Å². The lowest BCUT2D eigenvalue weighted by molar-refractivity contribution is 0.304. The van der Waals surface area contributed by atoms with Crippen molar-refractivity contribution in [1.29, 1.82) is 5.26 Å². The van der Waals surface area contributed by atoms with Gasteiger partial charge >= 0.3 is 0 Å². The minimum absolute atomic E-state index is 0.766. The van der Waals surface area contributed by atoms with Crippen LogP contribution in [-0.4, -0.2) is 18.0 Å². The topological polar surface area (TPSA) is 27.0 Å². The maximum atomic E-state index is 9.00. The average molecular weight is 214 g/mol. The summed E-state index contributed by atoms with van der Waals surface area (Å²) in [6.07, 6.45) is 0. The molecule has 2 nitrogen and oxygen atoms in total. The summed E-state index contributed by atoms with van der Waals surface area (Å²) < 4.78 is 0. The molecule has 0 heterocycles. The van der Waals surface area contributed by atoms with Gasteiger partial charge in [0.1, 0.15) is 0 Å². The highest BCUT2D eigenvalue weighted by atomic mass is 15.1. The molecule has 1 aromatic carbocycles. The van der Waals surface area contributed by atoms with Crippen molar-refractivity contribution in [1.82, 2.24) is 4.90 Å². The molecule has 1 aromatic rings. The van der Waals surface area contributed by atoms with E-state index in [1.807, 2.05) is 31.2 Å². The molecule has 0 aromatic heterocycles. The highest BCUT2D eigenvalue weighted by Gasteiger charge is 2.06. The quantitative estimate of drug-likeness (QED) is 0.705. The number of hydrogen-bond donors (Lipinski definition) is 0. The van der Waals surface area contributed by atoms with Crippen LogP contribution in [0.5, 0.6) is 0 Å². The SMILES string of the molecule is C=C(C)CN(CC)Cc1ccccc1C#N. The zero-order chi connectivity index (χ0) is 12.0. The van der Waals surface area contributed by atoms with Crippen LogP contribution in [-0.2, 0) is 6.54 Å². The molecular weight excluding hydrogens is 196 g/mol. The van der Waals surface area contributed by atoms with Crippen molar-refractivity contribution in [2.24, 2.45) is 0 Å². The van der Waals surface area contributed by atoms with E-state index < -0.39 is 0 Å². The Morgan fingerprint density at radius 3 is 2.69 bits per heavy atom. The second kappa shape index (κ2) is 6.09. The lowest BCUT2D eigenvalue weighted by Gasteiger charge is -2.20. The summed E-state index contributed by atoms with van der Waals surface area (Å²) in [5.74, 6) is 0. The lowest BCUT2D eigenvalue weighted by Crippen LogP contribution is -2.24. The van der Waals surface area contributed by atoms with Crippen molar-refractivity contribution in [2.75, 3.05) is 13.1 Å². The van der Waals surface area contributed by atoms with Crippen molar-refractivity contribution in [3.05, 3.63) is 47.5 Å². The maximum absolute atomic E-state index is 9.00. The molecule has 0 spiro atoms. The molecule has 0 fully saturated rings. The Labute approximate surface area is 97.8 Å². The van der Waals surface area contributed by atoms with Gasteiger partial charge in [0, 0.05) is 13.1 Å². The van der Waals surface area contributed by atoms with Crippen LogP contribution < -0.4 is 0 Å². The van der Waals surface area contributed by atoms with Crippen LogP contribution in [0.15, 0.2) is 36.4 Å². The minimum atomic E-state index is 0.766. The summed E-state index contributed by atoms with van der Waals surface area (Å²) in [4.78, 5) is 2.28. The van der Waals surface area contributed by atoms with Gasteiger partial charge in [-0.15, -0.1) is 0 Å². The third-order valence-electron chi connectivity index (χ3n) is 2.47. The van der Waals surface area contributed by atoms with Crippen LogP contribution in [0, 0.1) is 11.3 Å². The van der Waals surface area contributed by atoms with Gasteiger partial charge in [-0.3, -0.25) is 4.90 Å². The van der Waals surface area contributed by atoms with Crippen LogP contribution >= 0.6 is 0 Å². The smallest absolute Gasteiger partial charge is 0.0995 e.